The van der Waals surface area contributed by atoms with Crippen LogP contribution in [0, 0.1) is 0 Å². The predicted molar refractivity (Wildman–Crippen MR) is 201 cm³/mol. The molecule has 2 fully saturated rings. The van der Waals surface area contributed by atoms with Crippen LogP contribution in [0.15, 0.2) is 91.0 Å². The molecule has 5 rings (SSSR count). The topological polar surface area (TPSA) is 124 Å². The van der Waals surface area contributed by atoms with Gasteiger partial charge in [-0.05, 0) is 34.8 Å². The lowest BCUT2D eigenvalue weighted by molar-refractivity contribution is -0.367. The van der Waals surface area contributed by atoms with E-state index in [1.54, 1.807) is 0 Å². The number of ether oxygens (including phenoxy) is 8. The number of aliphatic hydroxyl groups is 2. The van der Waals surface area contributed by atoms with Crippen molar-refractivity contribution in [2.75, 3.05) is 27.4 Å². The van der Waals surface area contributed by atoms with Crippen LogP contribution < -0.4 is 0 Å². The molecule has 53 heavy (non-hydrogen) atoms. The summed E-state index contributed by atoms with van der Waals surface area (Å²) in [6.07, 6.45) is -9.44. The minimum atomic E-state index is -2.21. The summed E-state index contributed by atoms with van der Waals surface area (Å²) in [6.45, 7) is 11.7. The van der Waals surface area contributed by atoms with Crippen molar-refractivity contribution in [3.05, 3.63) is 108 Å². The zero-order valence-corrected chi connectivity index (χ0v) is 33.0. The molecule has 2 saturated heterocycles. The first-order chi connectivity index (χ1) is 25.4. The van der Waals surface area contributed by atoms with Crippen LogP contribution in [0.1, 0.15) is 37.5 Å². The molecule has 2 N–H and O–H groups in total. The van der Waals surface area contributed by atoms with E-state index in [0.29, 0.717) is 6.61 Å². The molecule has 2 aliphatic rings. The average molecular weight is 755 g/mol. The third-order valence-corrected chi connectivity index (χ3v) is 14.9. The standard InChI is InChI=1S/C41H58O11Si/c1-41(2,3)53(6,7)49-27-31-33(42)35(44-4)38(45-5)40(51-31)52-34-32(26-46-23-28-17-11-8-12-18-28)50-39(43)37(48-25-30-21-15-10-16-22-30)36(34)47-24-29-19-13-9-14-20-29/h8-22,31-40,42-43H,23-27H2,1-7H3/t31?,32-,33-,34+,35+,36?,37?,38?,39-,40-/m0/s1. The molecule has 11 nitrogen and oxygen atoms in total. The van der Waals surface area contributed by atoms with Crippen molar-refractivity contribution in [2.24, 2.45) is 0 Å². The molecular formula is C41H58O11Si. The summed E-state index contributed by atoms with van der Waals surface area (Å²) in [5.41, 5.74) is 2.84. The Bertz CT molecular complexity index is 1480. The largest absolute Gasteiger partial charge is 0.414 e. The molecule has 3 aromatic rings. The first-order valence-electron chi connectivity index (χ1n) is 18.4. The number of rotatable bonds is 17. The first kappa shape index (κ1) is 41.6. The van der Waals surface area contributed by atoms with Crippen molar-refractivity contribution in [1.82, 2.24) is 0 Å². The van der Waals surface area contributed by atoms with Gasteiger partial charge in [-0.3, -0.25) is 0 Å². The Morgan fingerprint density at radius 2 is 1.11 bits per heavy atom. The zero-order valence-electron chi connectivity index (χ0n) is 32.0. The fourth-order valence-electron chi connectivity index (χ4n) is 6.28. The van der Waals surface area contributed by atoms with E-state index in [1.165, 1.54) is 14.2 Å². The summed E-state index contributed by atoms with van der Waals surface area (Å²) < 4.78 is 57.1. The third kappa shape index (κ3) is 11.0. The van der Waals surface area contributed by atoms with Gasteiger partial charge >= 0.3 is 0 Å². The summed E-state index contributed by atoms with van der Waals surface area (Å²) in [4.78, 5) is 0. The van der Waals surface area contributed by atoms with Crippen LogP contribution in [-0.2, 0) is 62.1 Å². The van der Waals surface area contributed by atoms with Crippen molar-refractivity contribution in [3.8, 4) is 0 Å². The van der Waals surface area contributed by atoms with E-state index < -0.39 is 69.7 Å². The Labute approximate surface area is 315 Å². The number of benzene rings is 3. The molecule has 0 aliphatic carbocycles. The minimum absolute atomic E-state index is 0.0520. The molecule has 2 heterocycles. The Morgan fingerprint density at radius 1 is 0.604 bits per heavy atom. The normalized spacial score (nSPS) is 29.6. The second kappa shape index (κ2) is 19.3. The van der Waals surface area contributed by atoms with E-state index in [4.69, 9.17) is 42.3 Å². The van der Waals surface area contributed by atoms with E-state index in [-0.39, 0.29) is 31.5 Å². The third-order valence-electron chi connectivity index (χ3n) is 10.4. The Kier molecular flexibility index (Phi) is 15.2. The number of hydrogen-bond donors (Lipinski definition) is 2. The molecule has 3 aromatic carbocycles. The summed E-state index contributed by atoms with van der Waals surface area (Å²) in [5.74, 6) is 0. The van der Waals surface area contributed by atoms with Crippen molar-refractivity contribution >= 4 is 8.32 Å². The first-order valence-corrected chi connectivity index (χ1v) is 21.3. The van der Waals surface area contributed by atoms with Crippen LogP contribution in [0.5, 0.6) is 0 Å². The summed E-state index contributed by atoms with van der Waals surface area (Å²) in [5, 5.41) is 23.0. The molecule has 2 aliphatic heterocycles. The molecule has 0 saturated carbocycles. The molecule has 10 atom stereocenters. The van der Waals surface area contributed by atoms with Gasteiger partial charge in [0.15, 0.2) is 20.9 Å². The molecule has 0 amide bonds. The molecule has 0 spiro atoms. The lowest BCUT2D eigenvalue weighted by Gasteiger charge is -2.49. The quantitative estimate of drug-likeness (QED) is 0.167. The van der Waals surface area contributed by atoms with E-state index in [9.17, 15) is 10.2 Å². The maximum atomic E-state index is 11.5. The molecular weight excluding hydrogens is 697 g/mol. The van der Waals surface area contributed by atoms with Gasteiger partial charge in [-0.15, -0.1) is 0 Å². The maximum absolute atomic E-state index is 11.5. The Balaban J connectivity index is 1.45. The van der Waals surface area contributed by atoms with Gasteiger partial charge < -0.3 is 52.5 Å². The monoisotopic (exact) mass is 754 g/mol. The highest BCUT2D eigenvalue weighted by Gasteiger charge is 2.53. The lowest BCUT2D eigenvalue weighted by Crippen LogP contribution is -2.66. The van der Waals surface area contributed by atoms with E-state index in [1.807, 2.05) is 91.0 Å². The zero-order chi connectivity index (χ0) is 38.0. The Hall–Kier alpha value is -2.56. The molecule has 4 unspecified atom stereocenters. The van der Waals surface area contributed by atoms with Crippen molar-refractivity contribution in [2.45, 2.75) is 120 Å². The smallest absolute Gasteiger partial charge is 0.192 e. The number of hydrogen-bond acceptors (Lipinski definition) is 11. The lowest BCUT2D eigenvalue weighted by atomic mass is 9.96. The number of aliphatic hydroxyl groups excluding tert-OH is 2. The molecule has 0 bridgehead atoms. The maximum Gasteiger partial charge on any atom is 0.192 e. The SMILES string of the molecule is COC1[C@H](O[C@H]2C(OCc3ccccc3)C(OCc3ccccc3)[C@@H](O)O[C@H]2COCc2ccccc2)OC(CO[Si](C)(C)C(C)(C)C)[C@H](O)[C@H]1OC. The average Bonchev–Trinajstić information content (AvgIpc) is 3.15. The summed E-state index contributed by atoms with van der Waals surface area (Å²) >= 11 is 0. The van der Waals surface area contributed by atoms with Gasteiger partial charge in [-0.1, -0.05) is 112 Å². The fourth-order valence-corrected chi connectivity index (χ4v) is 7.29. The van der Waals surface area contributed by atoms with Gasteiger partial charge in [0.1, 0.15) is 48.8 Å². The van der Waals surface area contributed by atoms with Crippen LogP contribution in [0.25, 0.3) is 0 Å². The van der Waals surface area contributed by atoms with Gasteiger partial charge in [-0.25, -0.2) is 0 Å². The van der Waals surface area contributed by atoms with E-state index in [2.05, 4.69) is 33.9 Å². The highest BCUT2D eigenvalue weighted by atomic mass is 28.4. The summed E-state index contributed by atoms with van der Waals surface area (Å²) in [6, 6.07) is 29.2. The van der Waals surface area contributed by atoms with E-state index >= 15 is 0 Å². The highest BCUT2D eigenvalue weighted by Crippen LogP contribution is 2.38. The molecule has 0 aromatic heterocycles. The molecule has 292 valence electrons. The van der Waals surface area contributed by atoms with Gasteiger partial charge in [0.25, 0.3) is 0 Å². The van der Waals surface area contributed by atoms with Crippen LogP contribution in [0.4, 0.5) is 0 Å². The highest BCUT2D eigenvalue weighted by molar-refractivity contribution is 6.74. The van der Waals surface area contributed by atoms with Gasteiger partial charge in [0, 0.05) is 14.2 Å². The Morgan fingerprint density at radius 3 is 1.62 bits per heavy atom. The van der Waals surface area contributed by atoms with Crippen molar-refractivity contribution in [3.63, 3.8) is 0 Å². The number of methoxy groups -OCH3 is 2. The van der Waals surface area contributed by atoms with Crippen molar-refractivity contribution < 1.29 is 52.5 Å². The summed E-state index contributed by atoms with van der Waals surface area (Å²) in [7, 11) is 0.834. The molecule has 0 radical (unpaired) electrons. The van der Waals surface area contributed by atoms with Crippen LogP contribution >= 0.6 is 0 Å². The van der Waals surface area contributed by atoms with Gasteiger partial charge in [0.2, 0.25) is 0 Å². The molecule has 12 heteroatoms. The fraction of sp³-hybridized carbons (Fsp3) is 0.561. The van der Waals surface area contributed by atoms with Crippen molar-refractivity contribution in [1.29, 1.82) is 0 Å². The van der Waals surface area contributed by atoms with Crippen LogP contribution in [-0.4, -0.2) is 107 Å². The second-order valence-electron chi connectivity index (χ2n) is 15.2. The van der Waals surface area contributed by atoms with Gasteiger partial charge in [-0.2, -0.15) is 0 Å². The van der Waals surface area contributed by atoms with E-state index in [0.717, 1.165) is 16.7 Å². The van der Waals surface area contributed by atoms with Gasteiger partial charge in [0.05, 0.1) is 33.0 Å². The predicted octanol–water partition coefficient (Wildman–Crippen LogP) is 5.61. The van der Waals surface area contributed by atoms with Crippen LogP contribution in [0.2, 0.25) is 18.1 Å². The second-order valence-corrected chi connectivity index (χ2v) is 20.0. The minimum Gasteiger partial charge on any atom is -0.414 e. The van der Waals surface area contributed by atoms with Crippen LogP contribution in [0.3, 0.4) is 0 Å².